The summed E-state index contributed by atoms with van der Waals surface area (Å²) in [5.41, 5.74) is 0. The van der Waals surface area contributed by atoms with Gasteiger partial charge in [0.1, 0.15) is 0 Å². The zero-order chi connectivity index (χ0) is 10.9. The van der Waals surface area contributed by atoms with Crippen LogP contribution < -0.4 is 0 Å². The Hall–Kier alpha value is -0.390. The van der Waals surface area contributed by atoms with Gasteiger partial charge in [0.2, 0.25) is 10.0 Å². The highest BCUT2D eigenvalue weighted by Gasteiger charge is 2.36. The lowest BCUT2D eigenvalue weighted by atomic mass is 10.4. The fourth-order valence-electron chi connectivity index (χ4n) is 1.54. The van der Waals surface area contributed by atoms with E-state index in [1.807, 2.05) is 17.5 Å². The van der Waals surface area contributed by atoms with Gasteiger partial charge in [-0.2, -0.15) is 4.31 Å². The lowest BCUT2D eigenvalue weighted by Gasteiger charge is -2.20. The highest BCUT2D eigenvalue weighted by molar-refractivity contribution is 7.89. The standard InChI is InChI=1S/C10H15NO2S2/c1-2-15(12,13)11(9-5-6-9)8-10-4-3-7-14-10/h3-4,7,9H,2,5-6,8H2,1H3. The van der Waals surface area contributed by atoms with Crippen molar-refractivity contribution in [3.05, 3.63) is 22.4 Å². The van der Waals surface area contributed by atoms with Crippen molar-refractivity contribution in [2.45, 2.75) is 32.4 Å². The Morgan fingerprint density at radius 1 is 1.53 bits per heavy atom. The molecular formula is C10H15NO2S2. The van der Waals surface area contributed by atoms with Crippen molar-refractivity contribution in [1.82, 2.24) is 4.31 Å². The van der Waals surface area contributed by atoms with Gasteiger partial charge >= 0.3 is 0 Å². The number of nitrogens with zero attached hydrogens (tertiary/aromatic N) is 1. The van der Waals surface area contributed by atoms with Crippen LogP contribution in [0.15, 0.2) is 17.5 Å². The van der Waals surface area contributed by atoms with Crippen LogP contribution in [-0.2, 0) is 16.6 Å². The molecule has 0 aromatic carbocycles. The number of rotatable bonds is 5. The van der Waals surface area contributed by atoms with Crippen molar-refractivity contribution in [1.29, 1.82) is 0 Å². The van der Waals surface area contributed by atoms with E-state index in [0.29, 0.717) is 6.54 Å². The molecule has 84 valence electrons. The Morgan fingerprint density at radius 2 is 2.27 bits per heavy atom. The number of hydrogen-bond donors (Lipinski definition) is 0. The lowest BCUT2D eigenvalue weighted by molar-refractivity contribution is 0.402. The van der Waals surface area contributed by atoms with Gasteiger partial charge in [0, 0.05) is 17.5 Å². The van der Waals surface area contributed by atoms with Gasteiger partial charge in [0.25, 0.3) is 0 Å². The smallest absolute Gasteiger partial charge is 0.212 e. The molecule has 0 saturated heterocycles. The molecule has 0 N–H and O–H groups in total. The van der Waals surface area contributed by atoms with E-state index < -0.39 is 10.0 Å². The van der Waals surface area contributed by atoms with Crippen LogP contribution in [0.1, 0.15) is 24.6 Å². The summed E-state index contributed by atoms with van der Waals surface area (Å²) in [4.78, 5) is 1.12. The Bertz CT molecular complexity index is 407. The summed E-state index contributed by atoms with van der Waals surface area (Å²) < 4.78 is 25.3. The summed E-state index contributed by atoms with van der Waals surface area (Å²) in [5.74, 6) is 0.203. The fraction of sp³-hybridized carbons (Fsp3) is 0.600. The molecule has 0 spiro atoms. The molecule has 1 saturated carbocycles. The molecule has 1 aliphatic rings. The molecule has 2 rings (SSSR count). The van der Waals surface area contributed by atoms with Gasteiger partial charge in [0.15, 0.2) is 0 Å². The molecule has 5 heteroatoms. The van der Waals surface area contributed by atoms with E-state index in [1.54, 1.807) is 22.6 Å². The molecule has 1 aromatic rings. The third-order valence-corrected chi connectivity index (χ3v) is 5.30. The highest BCUT2D eigenvalue weighted by atomic mass is 32.2. The van der Waals surface area contributed by atoms with Crippen molar-refractivity contribution in [2.75, 3.05) is 5.75 Å². The Kier molecular flexibility index (Phi) is 3.13. The molecule has 3 nitrogen and oxygen atoms in total. The number of hydrogen-bond acceptors (Lipinski definition) is 3. The van der Waals surface area contributed by atoms with Crippen LogP contribution in [0, 0.1) is 0 Å². The fourth-order valence-corrected chi connectivity index (χ4v) is 3.66. The Labute approximate surface area is 94.8 Å². The largest absolute Gasteiger partial charge is 0.214 e. The van der Waals surface area contributed by atoms with Crippen molar-refractivity contribution in [2.24, 2.45) is 0 Å². The van der Waals surface area contributed by atoms with E-state index in [4.69, 9.17) is 0 Å². The maximum atomic E-state index is 11.8. The van der Waals surface area contributed by atoms with Gasteiger partial charge in [-0.25, -0.2) is 8.42 Å². The Balaban J connectivity index is 2.14. The monoisotopic (exact) mass is 245 g/mol. The van der Waals surface area contributed by atoms with E-state index in [1.165, 1.54) is 0 Å². The van der Waals surface area contributed by atoms with Crippen LogP contribution in [0.25, 0.3) is 0 Å². The molecular weight excluding hydrogens is 230 g/mol. The van der Waals surface area contributed by atoms with Crippen molar-refractivity contribution < 1.29 is 8.42 Å². The zero-order valence-electron chi connectivity index (χ0n) is 8.72. The molecule has 1 fully saturated rings. The molecule has 0 aliphatic heterocycles. The first kappa shape index (κ1) is 11.1. The quantitative estimate of drug-likeness (QED) is 0.796. The van der Waals surface area contributed by atoms with Crippen molar-refractivity contribution in [3.8, 4) is 0 Å². The van der Waals surface area contributed by atoms with E-state index >= 15 is 0 Å². The average molecular weight is 245 g/mol. The Morgan fingerprint density at radius 3 is 2.73 bits per heavy atom. The minimum atomic E-state index is -3.03. The number of sulfonamides is 1. The number of thiophene rings is 1. The van der Waals surface area contributed by atoms with E-state index in [0.717, 1.165) is 17.7 Å². The van der Waals surface area contributed by atoms with E-state index in [-0.39, 0.29) is 11.8 Å². The van der Waals surface area contributed by atoms with Gasteiger partial charge in [0.05, 0.1) is 5.75 Å². The van der Waals surface area contributed by atoms with E-state index in [9.17, 15) is 8.42 Å². The maximum absolute atomic E-state index is 11.8. The summed E-state index contributed by atoms with van der Waals surface area (Å²) in [6.07, 6.45) is 2.04. The molecule has 1 aromatic heterocycles. The predicted molar refractivity (Wildman–Crippen MR) is 62.3 cm³/mol. The van der Waals surface area contributed by atoms with Gasteiger partial charge < -0.3 is 0 Å². The van der Waals surface area contributed by atoms with Crippen LogP contribution in [0.2, 0.25) is 0 Å². The SMILES string of the molecule is CCS(=O)(=O)N(Cc1cccs1)C1CC1. The third-order valence-electron chi connectivity index (χ3n) is 2.57. The predicted octanol–water partition coefficient (Wildman–Crippen LogP) is 2.06. The summed E-state index contributed by atoms with van der Waals surface area (Å²) in [6, 6.07) is 4.21. The van der Waals surface area contributed by atoms with Crippen LogP contribution in [0.3, 0.4) is 0 Å². The van der Waals surface area contributed by atoms with Gasteiger partial charge in [-0.3, -0.25) is 0 Å². The summed E-state index contributed by atoms with van der Waals surface area (Å²) in [6.45, 7) is 2.26. The second-order valence-electron chi connectivity index (χ2n) is 3.76. The maximum Gasteiger partial charge on any atom is 0.214 e. The minimum Gasteiger partial charge on any atom is -0.212 e. The van der Waals surface area contributed by atoms with Gasteiger partial charge in [-0.05, 0) is 31.2 Å². The molecule has 0 unspecified atom stereocenters. The lowest BCUT2D eigenvalue weighted by Crippen LogP contribution is -2.33. The molecule has 15 heavy (non-hydrogen) atoms. The van der Waals surface area contributed by atoms with Gasteiger partial charge in [-0.1, -0.05) is 6.07 Å². The van der Waals surface area contributed by atoms with Crippen LogP contribution in [0.4, 0.5) is 0 Å². The van der Waals surface area contributed by atoms with Crippen molar-refractivity contribution >= 4 is 21.4 Å². The highest BCUT2D eigenvalue weighted by Crippen LogP contribution is 2.31. The second kappa shape index (κ2) is 4.23. The zero-order valence-corrected chi connectivity index (χ0v) is 10.4. The van der Waals surface area contributed by atoms with Crippen molar-refractivity contribution in [3.63, 3.8) is 0 Å². The normalized spacial score (nSPS) is 17.2. The van der Waals surface area contributed by atoms with Crippen LogP contribution in [-0.4, -0.2) is 24.5 Å². The van der Waals surface area contributed by atoms with Crippen LogP contribution in [0.5, 0.6) is 0 Å². The van der Waals surface area contributed by atoms with Gasteiger partial charge in [-0.15, -0.1) is 11.3 Å². The van der Waals surface area contributed by atoms with Crippen LogP contribution >= 0.6 is 11.3 Å². The summed E-state index contributed by atoms with van der Waals surface area (Å²) in [5, 5.41) is 1.99. The first-order valence-corrected chi connectivity index (χ1v) is 7.64. The first-order chi connectivity index (χ1) is 7.13. The topological polar surface area (TPSA) is 37.4 Å². The molecule has 0 atom stereocenters. The summed E-state index contributed by atoms with van der Waals surface area (Å²) >= 11 is 1.62. The molecule has 0 bridgehead atoms. The molecule has 1 aliphatic carbocycles. The first-order valence-electron chi connectivity index (χ1n) is 5.15. The minimum absolute atomic E-state index is 0.203. The second-order valence-corrected chi connectivity index (χ2v) is 7.00. The molecule has 0 radical (unpaired) electrons. The molecule has 1 heterocycles. The average Bonchev–Trinajstić information content (AvgIpc) is 2.92. The summed E-state index contributed by atoms with van der Waals surface area (Å²) in [7, 11) is -3.03. The van der Waals surface area contributed by atoms with E-state index in [2.05, 4.69) is 0 Å². The molecule has 0 amide bonds. The third kappa shape index (κ3) is 2.59.